The number of carbonyl (C=O) groups excluding carboxylic acids is 1. The van der Waals surface area contributed by atoms with E-state index in [9.17, 15) is 17.6 Å². The van der Waals surface area contributed by atoms with Crippen molar-refractivity contribution in [2.45, 2.75) is 11.8 Å². The van der Waals surface area contributed by atoms with Crippen LogP contribution in [0.15, 0.2) is 82.2 Å². The number of amides is 1. The van der Waals surface area contributed by atoms with Gasteiger partial charge in [-0.1, -0.05) is 24.3 Å². The van der Waals surface area contributed by atoms with Crippen LogP contribution in [0.3, 0.4) is 0 Å². The number of ether oxygens (including phenoxy) is 2. The van der Waals surface area contributed by atoms with Crippen molar-refractivity contribution in [3.8, 4) is 11.5 Å². The first-order valence-corrected chi connectivity index (χ1v) is 10.8. The molecule has 32 heavy (non-hydrogen) atoms. The summed E-state index contributed by atoms with van der Waals surface area (Å²) in [4.78, 5) is 16.1. The molecule has 10 heteroatoms. The van der Waals surface area contributed by atoms with E-state index in [0.29, 0.717) is 5.75 Å². The van der Waals surface area contributed by atoms with Gasteiger partial charge in [-0.3, -0.25) is 14.1 Å². The van der Waals surface area contributed by atoms with Gasteiger partial charge >= 0.3 is 0 Å². The van der Waals surface area contributed by atoms with Gasteiger partial charge in [-0.25, -0.2) is 12.8 Å². The van der Waals surface area contributed by atoms with Gasteiger partial charge in [-0.15, -0.1) is 0 Å². The molecule has 0 spiro atoms. The monoisotopic (exact) mass is 461 g/mol. The number of halogens is 1. The lowest BCUT2D eigenvalue weighted by Crippen LogP contribution is -2.41. The Morgan fingerprint density at radius 3 is 2.44 bits per heavy atom. The lowest BCUT2D eigenvalue weighted by molar-refractivity contribution is -0.118. The number of allylic oxidation sites excluding steroid dienone is 2. The molecule has 0 bridgehead atoms. The molecule has 2 aromatic rings. The topological polar surface area (TPSA) is 97.3 Å². The number of aliphatic imine (C=N–C) groups is 1. The molecule has 0 saturated carbocycles. The molecule has 0 unspecified atom stereocenters. The Morgan fingerprint density at radius 2 is 1.88 bits per heavy atom. The first kappa shape index (κ1) is 24.6. The molecule has 2 aromatic carbocycles. The number of sulfonamides is 1. The molecule has 0 heterocycles. The Kier molecular flexibility index (Phi) is 8.54. The summed E-state index contributed by atoms with van der Waals surface area (Å²) in [5.41, 5.74) is -0.0891. The van der Waals surface area contributed by atoms with Crippen molar-refractivity contribution >= 4 is 28.3 Å². The number of rotatable bonds is 10. The molecule has 0 aliphatic rings. The molecular weight excluding hydrogens is 437 g/mol. The van der Waals surface area contributed by atoms with E-state index in [0.717, 1.165) is 10.5 Å². The van der Waals surface area contributed by atoms with Crippen LogP contribution in [-0.2, 0) is 14.8 Å². The Labute approximate surface area is 186 Å². The van der Waals surface area contributed by atoms with Crippen LogP contribution in [0.25, 0.3) is 0 Å². The average molecular weight is 462 g/mol. The van der Waals surface area contributed by atoms with Crippen LogP contribution >= 0.6 is 0 Å². The molecule has 0 atom stereocenters. The summed E-state index contributed by atoms with van der Waals surface area (Å²) in [5, 5.41) is 2.35. The molecular formula is C22H24FN3O5S. The number of hydrogen-bond donors (Lipinski definition) is 1. The number of carbonyl (C=O) groups is 1. The zero-order valence-electron chi connectivity index (χ0n) is 17.9. The maximum Gasteiger partial charge on any atom is 0.264 e. The van der Waals surface area contributed by atoms with Crippen molar-refractivity contribution in [3.63, 3.8) is 0 Å². The summed E-state index contributed by atoms with van der Waals surface area (Å²) in [7, 11) is -1.40. The van der Waals surface area contributed by atoms with Gasteiger partial charge in [0.15, 0.2) is 5.83 Å². The summed E-state index contributed by atoms with van der Waals surface area (Å²) in [6, 6.07) is 12.2. The quantitative estimate of drug-likeness (QED) is 0.432. The van der Waals surface area contributed by atoms with E-state index in [-0.39, 0.29) is 22.0 Å². The highest BCUT2D eigenvalue weighted by atomic mass is 32.2. The Morgan fingerprint density at radius 1 is 1.19 bits per heavy atom. The number of hydrogen-bond acceptors (Lipinski definition) is 6. The maximum atomic E-state index is 14.1. The Hall–Kier alpha value is -3.66. The zero-order valence-corrected chi connectivity index (χ0v) is 18.7. The third-order valence-electron chi connectivity index (χ3n) is 4.30. The molecule has 0 aliphatic heterocycles. The van der Waals surface area contributed by atoms with E-state index in [1.54, 1.807) is 24.3 Å². The van der Waals surface area contributed by atoms with Crippen molar-refractivity contribution in [2.24, 2.45) is 4.99 Å². The van der Waals surface area contributed by atoms with Crippen LogP contribution in [-0.4, -0.2) is 41.8 Å². The second-order valence-electron chi connectivity index (χ2n) is 6.27. The van der Waals surface area contributed by atoms with Crippen LogP contribution in [0, 0.1) is 0 Å². The van der Waals surface area contributed by atoms with Crippen LogP contribution in [0.2, 0.25) is 0 Å². The summed E-state index contributed by atoms with van der Waals surface area (Å²) >= 11 is 0. The number of anilines is 1. The summed E-state index contributed by atoms with van der Waals surface area (Å²) in [6.45, 7) is 4.02. The summed E-state index contributed by atoms with van der Waals surface area (Å²) in [6.07, 6.45) is 2.15. The Balaban J connectivity index is 2.55. The van der Waals surface area contributed by atoms with Crippen LogP contribution in [0.1, 0.15) is 6.92 Å². The maximum absolute atomic E-state index is 14.1. The van der Waals surface area contributed by atoms with Gasteiger partial charge < -0.3 is 14.8 Å². The van der Waals surface area contributed by atoms with Crippen molar-refractivity contribution < 1.29 is 27.1 Å². The van der Waals surface area contributed by atoms with Crippen molar-refractivity contribution in [1.29, 1.82) is 0 Å². The number of nitrogens with one attached hydrogen (secondary N) is 1. The molecule has 0 aromatic heterocycles. The minimum Gasteiger partial charge on any atom is -0.497 e. The van der Waals surface area contributed by atoms with E-state index < -0.39 is 28.3 Å². The van der Waals surface area contributed by atoms with Gasteiger partial charge in [-0.2, -0.15) is 0 Å². The molecule has 1 N–H and O–H groups in total. The van der Waals surface area contributed by atoms with Gasteiger partial charge in [0.2, 0.25) is 5.91 Å². The lowest BCUT2D eigenvalue weighted by Gasteiger charge is -2.26. The predicted molar refractivity (Wildman–Crippen MR) is 121 cm³/mol. The second-order valence-corrected chi connectivity index (χ2v) is 8.13. The third kappa shape index (κ3) is 5.73. The predicted octanol–water partition coefficient (Wildman–Crippen LogP) is 3.43. The van der Waals surface area contributed by atoms with Gasteiger partial charge in [-0.05, 0) is 37.9 Å². The molecule has 2 rings (SSSR count). The number of benzene rings is 2. The van der Waals surface area contributed by atoms with Crippen LogP contribution < -0.4 is 19.1 Å². The molecule has 1 amide bonds. The van der Waals surface area contributed by atoms with Crippen molar-refractivity contribution in [3.05, 3.63) is 72.3 Å². The second kappa shape index (κ2) is 11.1. The van der Waals surface area contributed by atoms with E-state index in [4.69, 9.17) is 9.47 Å². The number of nitrogens with zero attached hydrogens (tertiary/aromatic N) is 2. The standard InChI is InChI=1S/C22H24FN3O5S/c1-5-19(18(23)14-24-2)25-22(27)15-26(32(28,29)17-9-7-6-8-10-17)20-13-16(30-3)11-12-21(20)31-4/h5-14H,2,15H2,1,3-4H3,(H,25,27)/b18-14+,19-5+. The van der Waals surface area contributed by atoms with E-state index >= 15 is 0 Å². The van der Waals surface area contributed by atoms with E-state index in [1.807, 2.05) is 0 Å². The van der Waals surface area contributed by atoms with Crippen LogP contribution in [0.5, 0.6) is 11.5 Å². The minimum atomic E-state index is -4.20. The zero-order chi connectivity index (χ0) is 23.7. The van der Waals surface area contributed by atoms with Gasteiger partial charge in [0.1, 0.15) is 18.0 Å². The first-order valence-electron chi connectivity index (χ1n) is 9.36. The Bertz CT molecular complexity index is 1130. The largest absolute Gasteiger partial charge is 0.497 e. The molecule has 170 valence electrons. The number of methoxy groups -OCH3 is 2. The van der Waals surface area contributed by atoms with E-state index in [1.165, 1.54) is 51.5 Å². The molecule has 0 aliphatic carbocycles. The normalized spacial score (nSPS) is 12.1. The average Bonchev–Trinajstić information content (AvgIpc) is 2.81. The molecule has 0 fully saturated rings. The SMILES string of the molecule is C=N/C=C(F)\C(=C/C)NC(=O)CN(c1cc(OC)ccc1OC)S(=O)(=O)c1ccccc1. The minimum absolute atomic E-state index is 0.0362. The highest BCUT2D eigenvalue weighted by Gasteiger charge is 2.30. The molecule has 0 radical (unpaired) electrons. The highest BCUT2D eigenvalue weighted by molar-refractivity contribution is 7.92. The summed E-state index contributed by atoms with van der Waals surface area (Å²) in [5.74, 6) is -1.05. The van der Waals surface area contributed by atoms with Gasteiger partial charge in [0, 0.05) is 6.07 Å². The first-order chi connectivity index (χ1) is 15.3. The summed E-state index contributed by atoms with van der Waals surface area (Å²) < 4.78 is 52.4. The fourth-order valence-electron chi connectivity index (χ4n) is 2.75. The fraction of sp³-hybridized carbons (Fsp3) is 0.182. The third-order valence-corrected chi connectivity index (χ3v) is 6.07. The highest BCUT2D eigenvalue weighted by Crippen LogP contribution is 2.35. The lowest BCUT2D eigenvalue weighted by atomic mass is 10.2. The molecule has 8 nitrogen and oxygen atoms in total. The van der Waals surface area contributed by atoms with Gasteiger partial charge in [0.05, 0.1) is 36.7 Å². The van der Waals surface area contributed by atoms with Gasteiger partial charge in [0.25, 0.3) is 10.0 Å². The van der Waals surface area contributed by atoms with Crippen molar-refractivity contribution in [2.75, 3.05) is 25.1 Å². The van der Waals surface area contributed by atoms with Crippen LogP contribution in [0.4, 0.5) is 10.1 Å². The molecule has 0 saturated heterocycles. The fourth-order valence-corrected chi connectivity index (χ4v) is 4.20. The smallest absolute Gasteiger partial charge is 0.264 e. The van der Waals surface area contributed by atoms with Crippen molar-refractivity contribution in [1.82, 2.24) is 5.32 Å². The van der Waals surface area contributed by atoms with E-state index in [2.05, 4.69) is 17.0 Å².